The molecule has 0 heterocycles. The number of rotatable bonds is 5. The Morgan fingerprint density at radius 2 is 2.05 bits per heavy atom. The molecule has 0 aromatic rings. The van der Waals surface area contributed by atoms with E-state index in [0.717, 1.165) is 0 Å². The van der Waals surface area contributed by atoms with Gasteiger partial charge in [-0.25, -0.2) is 0 Å². The van der Waals surface area contributed by atoms with Gasteiger partial charge in [0.25, 0.3) is 0 Å². The molecule has 1 aliphatic carbocycles. The minimum atomic E-state index is -0.861. The van der Waals surface area contributed by atoms with Crippen molar-refractivity contribution in [3.05, 3.63) is 6.92 Å². The summed E-state index contributed by atoms with van der Waals surface area (Å²) in [6.45, 7) is 9.50. The van der Waals surface area contributed by atoms with E-state index in [1.54, 1.807) is 6.92 Å². The molecular weight excluding hydrogens is 246 g/mol. The van der Waals surface area contributed by atoms with Crippen molar-refractivity contribution in [3.8, 4) is 0 Å². The van der Waals surface area contributed by atoms with Crippen molar-refractivity contribution in [2.24, 2.45) is 16.7 Å². The second kappa shape index (κ2) is 5.49. The summed E-state index contributed by atoms with van der Waals surface area (Å²) in [7, 11) is 1.53. The normalized spacial score (nSPS) is 30.9. The maximum Gasteiger partial charge on any atom is 0.309 e. The molecule has 0 aliphatic heterocycles. The summed E-state index contributed by atoms with van der Waals surface area (Å²) in [5.41, 5.74) is -1.44. The van der Waals surface area contributed by atoms with Crippen molar-refractivity contribution in [1.29, 1.82) is 0 Å². The molecule has 19 heavy (non-hydrogen) atoms. The molecular formula is C14H24NO4. The Kier molecular flexibility index (Phi) is 4.61. The van der Waals surface area contributed by atoms with Gasteiger partial charge in [0, 0.05) is 19.6 Å². The molecule has 0 aromatic heterocycles. The van der Waals surface area contributed by atoms with E-state index >= 15 is 0 Å². The Labute approximate surface area is 114 Å². The highest BCUT2D eigenvalue weighted by Gasteiger charge is 2.58. The van der Waals surface area contributed by atoms with Gasteiger partial charge in [-0.05, 0) is 32.1 Å². The van der Waals surface area contributed by atoms with Crippen LogP contribution in [0.5, 0.6) is 0 Å². The van der Waals surface area contributed by atoms with Crippen molar-refractivity contribution in [2.75, 3.05) is 13.7 Å². The van der Waals surface area contributed by atoms with Crippen molar-refractivity contribution < 1.29 is 19.4 Å². The Bertz CT molecular complexity index is 366. The second-order valence-electron chi connectivity index (χ2n) is 6.05. The van der Waals surface area contributed by atoms with Crippen LogP contribution >= 0.6 is 0 Å². The summed E-state index contributed by atoms with van der Waals surface area (Å²) in [5, 5.41) is 12.2. The van der Waals surface area contributed by atoms with Crippen molar-refractivity contribution in [1.82, 2.24) is 5.32 Å². The molecule has 2 N–H and O–H groups in total. The minimum absolute atomic E-state index is 0.110. The molecule has 1 radical (unpaired) electrons. The lowest BCUT2D eigenvalue weighted by Gasteiger charge is -2.37. The molecule has 0 bridgehead atoms. The fourth-order valence-corrected chi connectivity index (χ4v) is 2.76. The van der Waals surface area contributed by atoms with Crippen LogP contribution in [0.2, 0.25) is 0 Å². The Balaban J connectivity index is 2.76. The minimum Gasteiger partial charge on any atom is -0.481 e. The number of carboxylic acid groups (broad SMARTS) is 1. The van der Waals surface area contributed by atoms with Crippen LogP contribution in [0.3, 0.4) is 0 Å². The van der Waals surface area contributed by atoms with Crippen molar-refractivity contribution in [3.63, 3.8) is 0 Å². The summed E-state index contributed by atoms with van der Waals surface area (Å²) in [4.78, 5) is 23.7. The average molecular weight is 270 g/mol. The highest BCUT2D eigenvalue weighted by atomic mass is 16.5. The number of nitrogens with one attached hydrogen (secondary N) is 1. The quantitative estimate of drug-likeness (QED) is 0.793. The second-order valence-corrected chi connectivity index (χ2v) is 6.05. The van der Waals surface area contributed by atoms with Gasteiger partial charge in [-0.3, -0.25) is 9.59 Å². The molecule has 1 fully saturated rings. The van der Waals surface area contributed by atoms with E-state index < -0.39 is 16.8 Å². The summed E-state index contributed by atoms with van der Waals surface area (Å²) in [5.74, 6) is -1.24. The van der Waals surface area contributed by atoms with E-state index in [2.05, 4.69) is 12.2 Å². The molecule has 1 amide bonds. The van der Waals surface area contributed by atoms with E-state index in [0.29, 0.717) is 19.4 Å². The van der Waals surface area contributed by atoms with Crippen LogP contribution in [0.25, 0.3) is 0 Å². The summed E-state index contributed by atoms with van der Waals surface area (Å²) in [6.07, 6.45) is 0.821. The number of ether oxygens (including phenoxy) is 1. The Morgan fingerprint density at radius 3 is 2.47 bits per heavy atom. The SMILES string of the molecule is [CH2]C(CNC(=O)C1CCC(C)(C(=O)O)C1(C)C)OC. The van der Waals surface area contributed by atoms with Crippen LogP contribution in [-0.2, 0) is 14.3 Å². The van der Waals surface area contributed by atoms with Gasteiger partial charge in [-0.1, -0.05) is 13.8 Å². The first-order chi connectivity index (χ1) is 8.66. The molecule has 0 aromatic carbocycles. The Morgan fingerprint density at radius 1 is 1.47 bits per heavy atom. The van der Waals surface area contributed by atoms with Gasteiger partial charge in [0.2, 0.25) is 5.91 Å². The molecule has 1 aliphatic rings. The predicted octanol–water partition coefficient (Wildman–Crippen LogP) is 1.48. The number of methoxy groups -OCH3 is 1. The zero-order valence-corrected chi connectivity index (χ0v) is 12.2. The molecule has 0 saturated heterocycles. The molecule has 3 unspecified atom stereocenters. The molecule has 0 spiro atoms. The lowest BCUT2D eigenvalue weighted by Crippen LogP contribution is -2.46. The van der Waals surface area contributed by atoms with E-state index in [4.69, 9.17) is 4.74 Å². The van der Waals surface area contributed by atoms with Gasteiger partial charge in [-0.2, -0.15) is 0 Å². The highest BCUT2D eigenvalue weighted by molar-refractivity contribution is 5.83. The third-order valence-electron chi connectivity index (χ3n) is 4.85. The van der Waals surface area contributed by atoms with Gasteiger partial charge in [0.1, 0.15) is 0 Å². The molecule has 3 atom stereocenters. The van der Waals surface area contributed by atoms with Crippen LogP contribution in [-0.4, -0.2) is 36.7 Å². The van der Waals surface area contributed by atoms with Gasteiger partial charge in [-0.15, -0.1) is 0 Å². The molecule has 1 saturated carbocycles. The standard InChI is InChI=1S/C14H24NO4/c1-9(19-5)8-15-11(16)10-6-7-14(4,12(17)18)13(10,2)3/h9-10H,1,6-8H2,2-5H3,(H,15,16)(H,17,18). The number of carbonyl (C=O) groups is 2. The van der Waals surface area contributed by atoms with E-state index in [1.807, 2.05) is 13.8 Å². The number of amides is 1. The number of carbonyl (C=O) groups excluding carboxylic acids is 1. The fourth-order valence-electron chi connectivity index (χ4n) is 2.76. The van der Waals surface area contributed by atoms with Crippen LogP contribution < -0.4 is 5.32 Å². The largest absolute Gasteiger partial charge is 0.481 e. The molecule has 1 rings (SSSR count). The highest BCUT2D eigenvalue weighted by Crippen LogP contribution is 2.56. The maximum atomic E-state index is 12.2. The van der Waals surface area contributed by atoms with Crippen LogP contribution in [0.4, 0.5) is 0 Å². The summed E-state index contributed by atoms with van der Waals surface area (Å²) in [6, 6.07) is 0. The first kappa shape index (κ1) is 16.0. The third kappa shape index (κ3) is 2.76. The van der Waals surface area contributed by atoms with Crippen molar-refractivity contribution >= 4 is 11.9 Å². The van der Waals surface area contributed by atoms with E-state index in [1.165, 1.54) is 7.11 Å². The number of hydrogen-bond acceptors (Lipinski definition) is 3. The van der Waals surface area contributed by atoms with Gasteiger partial charge < -0.3 is 15.2 Å². The summed E-state index contributed by atoms with van der Waals surface area (Å²) >= 11 is 0. The topological polar surface area (TPSA) is 75.6 Å². The van der Waals surface area contributed by atoms with E-state index in [9.17, 15) is 14.7 Å². The third-order valence-corrected chi connectivity index (χ3v) is 4.85. The molecule has 5 nitrogen and oxygen atoms in total. The van der Waals surface area contributed by atoms with Gasteiger partial charge in [0.15, 0.2) is 0 Å². The van der Waals surface area contributed by atoms with E-state index in [-0.39, 0.29) is 17.9 Å². The van der Waals surface area contributed by atoms with Gasteiger partial charge >= 0.3 is 5.97 Å². The van der Waals surface area contributed by atoms with Crippen LogP contribution in [0.1, 0.15) is 33.6 Å². The molecule has 109 valence electrons. The smallest absolute Gasteiger partial charge is 0.309 e. The zero-order chi connectivity index (χ0) is 14.8. The fraction of sp³-hybridized carbons (Fsp3) is 0.786. The zero-order valence-electron chi connectivity index (χ0n) is 12.2. The van der Waals surface area contributed by atoms with Gasteiger partial charge in [0.05, 0.1) is 11.5 Å². The first-order valence-electron chi connectivity index (χ1n) is 6.54. The van der Waals surface area contributed by atoms with Crippen molar-refractivity contribution in [2.45, 2.75) is 39.7 Å². The summed E-state index contributed by atoms with van der Waals surface area (Å²) < 4.78 is 4.97. The average Bonchev–Trinajstić information content (AvgIpc) is 2.58. The lowest BCUT2D eigenvalue weighted by molar-refractivity contribution is -0.155. The number of aliphatic carboxylic acids is 1. The first-order valence-corrected chi connectivity index (χ1v) is 6.54. The Hall–Kier alpha value is -1.10. The lowest BCUT2D eigenvalue weighted by atomic mass is 9.65. The van der Waals surface area contributed by atoms with Crippen LogP contribution in [0.15, 0.2) is 0 Å². The van der Waals surface area contributed by atoms with Crippen LogP contribution in [0, 0.1) is 23.7 Å². The molecule has 5 heteroatoms. The predicted molar refractivity (Wildman–Crippen MR) is 71.4 cm³/mol. The number of carboxylic acids is 1. The number of hydrogen-bond donors (Lipinski definition) is 2. The maximum absolute atomic E-state index is 12.2. The monoisotopic (exact) mass is 270 g/mol.